The van der Waals surface area contributed by atoms with Crippen LogP contribution in [0.25, 0.3) is 11.3 Å². The Hall–Kier alpha value is -3.44. The van der Waals surface area contributed by atoms with Crippen LogP contribution in [0.4, 0.5) is 17.6 Å². The first-order valence-corrected chi connectivity index (χ1v) is 12.5. The number of carbonyl (C=O) groups is 2. The minimum absolute atomic E-state index is 0.0734. The highest BCUT2D eigenvalue weighted by atomic mass is 35.5. The molecule has 2 N–H and O–H groups in total. The third-order valence-corrected chi connectivity index (χ3v) is 6.29. The minimum atomic E-state index is -4.58. The number of halogens is 5. The van der Waals surface area contributed by atoms with Crippen LogP contribution in [0.2, 0.25) is 5.02 Å². The van der Waals surface area contributed by atoms with Gasteiger partial charge in [-0.15, -0.1) is 0 Å². The van der Waals surface area contributed by atoms with Crippen LogP contribution in [0.3, 0.4) is 0 Å². The van der Waals surface area contributed by atoms with Gasteiger partial charge in [0.05, 0.1) is 10.7 Å². The van der Waals surface area contributed by atoms with Crippen molar-refractivity contribution in [2.45, 2.75) is 58.5 Å². The molecule has 1 heterocycles. The molecular weight excluding hydrogens is 542 g/mol. The third-order valence-electron chi connectivity index (χ3n) is 6.00. The fourth-order valence-electron chi connectivity index (χ4n) is 3.89. The van der Waals surface area contributed by atoms with Gasteiger partial charge in [-0.25, -0.2) is 9.37 Å². The first-order chi connectivity index (χ1) is 18.3. The Bertz CT molecular complexity index is 1340. The second-order valence-corrected chi connectivity index (χ2v) is 9.35. The number of benzene rings is 2. The van der Waals surface area contributed by atoms with Crippen LogP contribution in [0.15, 0.2) is 42.6 Å². The third kappa shape index (κ3) is 7.57. The molecule has 12 heteroatoms. The second-order valence-electron chi connectivity index (χ2n) is 8.94. The van der Waals surface area contributed by atoms with Crippen molar-refractivity contribution >= 4 is 23.3 Å². The highest BCUT2D eigenvalue weighted by Crippen LogP contribution is 2.31. The summed E-state index contributed by atoms with van der Waals surface area (Å²) in [5, 5.41) is 12.0. The van der Waals surface area contributed by atoms with E-state index in [4.69, 9.17) is 16.3 Å². The number of aliphatic hydroxyl groups excluding tert-OH is 1. The van der Waals surface area contributed by atoms with Gasteiger partial charge in [0.15, 0.2) is 17.7 Å². The van der Waals surface area contributed by atoms with E-state index in [1.807, 2.05) is 6.92 Å². The van der Waals surface area contributed by atoms with Crippen LogP contribution < -0.4 is 10.1 Å². The number of nitrogens with one attached hydrogen (secondary N) is 1. The Morgan fingerprint density at radius 3 is 2.46 bits per heavy atom. The molecule has 0 aliphatic rings. The van der Waals surface area contributed by atoms with E-state index in [1.54, 1.807) is 16.8 Å². The summed E-state index contributed by atoms with van der Waals surface area (Å²) in [6.45, 7) is 4.32. The van der Waals surface area contributed by atoms with E-state index < -0.39 is 30.0 Å². The molecule has 1 amide bonds. The molecule has 0 radical (unpaired) electrons. The number of imidazole rings is 1. The number of aryl methyl sites for hydroxylation is 1. The molecule has 0 bridgehead atoms. The number of ether oxygens (including phenoxy) is 1. The van der Waals surface area contributed by atoms with Crippen molar-refractivity contribution in [2.75, 3.05) is 6.61 Å². The fraction of sp³-hybridized carbons (Fsp3) is 0.370. The molecule has 39 heavy (non-hydrogen) atoms. The van der Waals surface area contributed by atoms with E-state index >= 15 is 4.39 Å². The first-order valence-electron chi connectivity index (χ1n) is 12.2. The number of hydrogen-bond donors (Lipinski definition) is 2. The predicted molar refractivity (Wildman–Crippen MR) is 138 cm³/mol. The molecule has 2 aromatic carbocycles. The van der Waals surface area contributed by atoms with Crippen molar-refractivity contribution in [3.8, 4) is 17.0 Å². The van der Waals surface area contributed by atoms with Crippen LogP contribution in [0, 0.1) is 5.82 Å². The lowest BCUT2D eigenvalue weighted by atomic mass is 10.0. The van der Waals surface area contributed by atoms with Crippen LogP contribution in [-0.4, -0.2) is 51.3 Å². The lowest BCUT2D eigenvalue weighted by molar-refractivity contribution is -0.189. The second kappa shape index (κ2) is 12.6. The van der Waals surface area contributed by atoms with E-state index in [1.165, 1.54) is 37.3 Å². The van der Waals surface area contributed by atoms with E-state index in [0.29, 0.717) is 17.8 Å². The number of aliphatic hydroxyl groups is 1. The van der Waals surface area contributed by atoms with Gasteiger partial charge < -0.3 is 19.7 Å². The number of Topliss-reactive ketones (excluding diaryl/α,β-unsaturated/α-hetero) is 1. The molecule has 0 fully saturated rings. The van der Waals surface area contributed by atoms with Crippen molar-refractivity contribution in [3.63, 3.8) is 0 Å². The molecule has 7 nitrogen and oxygen atoms in total. The number of rotatable bonds is 11. The zero-order valence-electron chi connectivity index (χ0n) is 21.5. The molecule has 0 spiro atoms. The molecular formula is C27H28ClF4N3O4. The standard InChI is InChI=1S/C27H28ClF4N3O4/c1-4-35-14-23(34-25(35)15(2)37)20-7-5-17(12-22(20)29)11-19(9-10-36)33-26(38)18-6-8-24(21(28)13-18)39-16(3)27(30,31)32/h5-8,12-14,16,19,36H,4,9-11H2,1-3H3,(H,33,38)/t16-,19-/m1/s1. The minimum Gasteiger partial charge on any atom is -0.480 e. The molecule has 0 saturated carbocycles. The van der Waals surface area contributed by atoms with Gasteiger partial charge in [-0.1, -0.05) is 17.7 Å². The van der Waals surface area contributed by atoms with E-state index in [-0.39, 0.29) is 53.0 Å². The van der Waals surface area contributed by atoms with Crippen LogP contribution in [-0.2, 0) is 13.0 Å². The SMILES string of the molecule is CCn1cc(-c2ccc(C[C@@H](CCO)NC(=O)c3ccc(O[C@H](C)C(F)(F)F)c(Cl)c3)cc2F)nc1C(C)=O. The fourth-order valence-corrected chi connectivity index (χ4v) is 4.12. The molecule has 0 aliphatic heterocycles. The highest BCUT2D eigenvalue weighted by Gasteiger charge is 2.38. The van der Waals surface area contributed by atoms with Gasteiger partial charge in [-0.2, -0.15) is 13.2 Å². The maximum absolute atomic E-state index is 15.0. The van der Waals surface area contributed by atoms with Gasteiger partial charge in [-0.05, 0) is 62.6 Å². The summed E-state index contributed by atoms with van der Waals surface area (Å²) >= 11 is 6.04. The van der Waals surface area contributed by atoms with E-state index in [0.717, 1.165) is 6.92 Å². The smallest absolute Gasteiger partial charge is 0.425 e. The number of amides is 1. The quantitative estimate of drug-likeness (QED) is 0.231. The van der Waals surface area contributed by atoms with Crippen LogP contribution >= 0.6 is 11.6 Å². The number of ketones is 1. The van der Waals surface area contributed by atoms with Crippen LogP contribution in [0.1, 0.15) is 53.7 Å². The molecule has 3 aromatic rings. The maximum Gasteiger partial charge on any atom is 0.425 e. The Balaban J connectivity index is 1.73. The van der Waals surface area contributed by atoms with Crippen molar-refractivity contribution in [3.05, 3.63) is 70.4 Å². The van der Waals surface area contributed by atoms with Crippen molar-refractivity contribution in [1.29, 1.82) is 0 Å². The Labute approximate surface area is 227 Å². The highest BCUT2D eigenvalue weighted by molar-refractivity contribution is 6.32. The van der Waals surface area contributed by atoms with Gasteiger partial charge in [0.1, 0.15) is 11.6 Å². The molecule has 0 unspecified atom stereocenters. The Morgan fingerprint density at radius 1 is 1.21 bits per heavy atom. The molecule has 2 atom stereocenters. The monoisotopic (exact) mass is 569 g/mol. The average Bonchev–Trinajstić information content (AvgIpc) is 3.29. The summed E-state index contributed by atoms with van der Waals surface area (Å²) < 4.78 is 59.8. The Kier molecular flexibility index (Phi) is 9.73. The molecule has 0 saturated heterocycles. The summed E-state index contributed by atoms with van der Waals surface area (Å²) in [6.07, 6.45) is -4.72. The van der Waals surface area contributed by atoms with Gasteiger partial charge in [-0.3, -0.25) is 9.59 Å². The summed E-state index contributed by atoms with van der Waals surface area (Å²) in [4.78, 5) is 28.9. The largest absolute Gasteiger partial charge is 0.480 e. The summed E-state index contributed by atoms with van der Waals surface area (Å²) in [5.41, 5.74) is 1.15. The van der Waals surface area contributed by atoms with Crippen molar-refractivity contribution < 1.29 is 37.0 Å². The molecule has 0 aliphatic carbocycles. The predicted octanol–water partition coefficient (Wildman–Crippen LogP) is 5.62. The van der Waals surface area contributed by atoms with Crippen LogP contribution in [0.5, 0.6) is 5.75 Å². The zero-order valence-corrected chi connectivity index (χ0v) is 22.2. The van der Waals surface area contributed by atoms with E-state index in [2.05, 4.69) is 10.3 Å². The van der Waals surface area contributed by atoms with Gasteiger partial charge in [0.2, 0.25) is 0 Å². The molecule has 1 aromatic heterocycles. The molecule has 210 valence electrons. The maximum atomic E-state index is 15.0. The number of carbonyl (C=O) groups excluding carboxylic acids is 2. The van der Waals surface area contributed by atoms with Gasteiger partial charge >= 0.3 is 6.18 Å². The number of aromatic nitrogens is 2. The molecule has 3 rings (SSSR count). The summed E-state index contributed by atoms with van der Waals surface area (Å²) in [5.74, 6) is -1.37. The van der Waals surface area contributed by atoms with Crippen molar-refractivity contribution in [2.24, 2.45) is 0 Å². The number of hydrogen-bond acceptors (Lipinski definition) is 5. The van der Waals surface area contributed by atoms with E-state index in [9.17, 15) is 27.9 Å². The lowest BCUT2D eigenvalue weighted by Gasteiger charge is -2.20. The zero-order chi connectivity index (χ0) is 28.9. The summed E-state index contributed by atoms with van der Waals surface area (Å²) in [6, 6.07) is 7.55. The number of nitrogens with zero attached hydrogens (tertiary/aromatic N) is 2. The van der Waals surface area contributed by atoms with Gasteiger partial charge in [0, 0.05) is 43.4 Å². The van der Waals surface area contributed by atoms with Gasteiger partial charge in [0.25, 0.3) is 5.91 Å². The topological polar surface area (TPSA) is 93.4 Å². The Morgan fingerprint density at radius 2 is 1.92 bits per heavy atom. The summed E-state index contributed by atoms with van der Waals surface area (Å²) in [7, 11) is 0. The number of alkyl halides is 3. The average molecular weight is 570 g/mol. The normalized spacial score (nSPS) is 13.2. The lowest BCUT2D eigenvalue weighted by Crippen LogP contribution is -2.37. The van der Waals surface area contributed by atoms with Crippen molar-refractivity contribution in [1.82, 2.24) is 14.9 Å². The first kappa shape index (κ1) is 30.1.